The van der Waals surface area contributed by atoms with Crippen molar-refractivity contribution in [3.8, 4) is 80.5 Å². The first-order valence-electron chi connectivity index (χ1n) is 15.9. The second-order valence-electron chi connectivity index (χ2n) is 12.7. The lowest BCUT2D eigenvalue weighted by atomic mass is 9.77. The molecule has 0 unspecified atom stereocenters. The van der Waals surface area contributed by atoms with Gasteiger partial charge in [0, 0.05) is 46.9 Å². The van der Waals surface area contributed by atoms with Crippen LogP contribution in [0.4, 0.5) is 0 Å². The van der Waals surface area contributed by atoms with Crippen molar-refractivity contribution in [1.82, 2.24) is 0 Å². The minimum Gasteiger partial charge on any atom is -0.508 e. The van der Waals surface area contributed by atoms with Gasteiger partial charge in [-0.3, -0.25) is 0 Å². The van der Waals surface area contributed by atoms with E-state index in [1.54, 1.807) is 0 Å². The van der Waals surface area contributed by atoms with Crippen LogP contribution in [0.5, 0.6) is 80.5 Å². The number of aromatic hydroxyl groups is 12. The average molecular weight is 747 g/mol. The van der Waals surface area contributed by atoms with Crippen molar-refractivity contribution in [2.24, 2.45) is 0 Å². The molecule has 2 heterocycles. The summed E-state index contributed by atoms with van der Waals surface area (Å²) in [6.07, 6.45) is -6.67. The number of rotatable bonds is 5. The van der Waals surface area contributed by atoms with E-state index >= 15 is 0 Å². The molecule has 0 bridgehead atoms. The van der Waals surface area contributed by atoms with E-state index in [2.05, 4.69) is 0 Å². The van der Waals surface area contributed by atoms with Crippen molar-refractivity contribution in [1.29, 1.82) is 0 Å². The number of phenols is 12. The van der Waals surface area contributed by atoms with Gasteiger partial charge in [0.2, 0.25) is 0 Å². The molecule has 13 N–H and O–H groups in total. The summed E-state index contributed by atoms with van der Waals surface area (Å²) in [4.78, 5) is 13.4. The lowest BCUT2D eigenvalue weighted by Gasteiger charge is -2.40. The van der Waals surface area contributed by atoms with Crippen molar-refractivity contribution in [2.45, 2.75) is 36.8 Å². The number of hydrogen-bond donors (Lipinski definition) is 13. The average Bonchev–Trinajstić information content (AvgIpc) is 3.10. The maximum Gasteiger partial charge on any atom is 0.338 e. The number of fused-ring (bicyclic) bond motifs is 2. The van der Waals surface area contributed by atoms with Gasteiger partial charge >= 0.3 is 5.97 Å². The molecule has 0 amide bonds. The van der Waals surface area contributed by atoms with Gasteiger partial charge in [-0.25, -0.2) is 4.79 Å². The molecule has 2 aliphatic rings. The molecule has 0 radical (unpaired) electrons. The highest BCUT2D eigenvalue weighted by Gasteiger charge is 2.47. The fourth-order valence-electron chi connectivity index (χ4n) is 6.79. The molecule has 0 saturated carbocycles. The predicted molar refractivity (Wildman–Crippen MR) is 180 cm³/mol. The molecule has 17 nitrogen and oxygen atoms in total. The fourth-order valence-corrected chi connectivity index (χ4v) is 6.79. The minimum absolute atomic E-state index is 0.107. The van der Waals surface area contributed by atoms with Crippen LogP contribution in [-0.4, -0.2) is 84.6 Å². The summed E-state index contributed by atoms with van der Waals surface area (Å²) in [5.41, 5.74) is -1.03. The van der Waals surface area contributed by atoms with Gasteiger partial charge in [-0.2, -0.15) is 0 Å². The zero-order valence-electron chi connectivity index (χ0n) is 27.3. The largest absolute Gasteiger partial charge is 0.508 e. The lowest BCUT2D eigenvalue weighted by molar-refractivity contribution is -0.0211. The predicted octanol–water partition coefficient (Wildman–Crippen LogP) is 3.68. The molecule has 5 atom stereocenters. The zero-order valence-corrected chi connectivity index (χ0v) is 27.3. The SMILES string of the molecule is O=C(O[C@@H]1Cc2c(O)cc(O)c([C@H]3c4c(O)cc(O)cc4O[C@H](c4ccc(O)c(O)c4)[C@@H]3O)c2O[C@@H]1c1cc(O)c(O)c(O)c1)c1cc(O)c(O)c(O)c1. The first-order chi connectivity index (χ1) is 25.5. The highest BCUT2D eigenvalue weighted by molar-refractivity contribution is 5.91. The van der Waals surface area contributed by atoms with Gasteiger partial charge in [0.1, 0.15) is 46.7 Å². The Kier molecular flexibility index (Phi) is 8.29. The van der Waals surface area contributed by atoms with Crippen molar-refractivity contribution in [3.05, 3.63) is 94.0 Å². The van der Waals surface area contributed by atoms with Crippen LogP contribution in [0.3, 0.4) is 0 Å². The Hall–Kier alpha value is -7.27. The lowest BCUT2D eigenvalue weighted by Crippen LogP contribution is -2.38. The first-order valence-corrected chi connectivity index (χ1v) is 15.9. The highest BCUT2D eigenvalue weighted by Crippen LogP contribution is 2.57. The number of benzene rings is 5. The van der Waals surface area contributed by atoms with Crippen LogP contribution in [0, 0.1) is 0 Å². The number of phenolic OH excluding ortho intramolecular Hbond substituents is 12. The Bertz CT molecular complexity index is 2310. The third kappa shape index (κ3) is 5.77. The molecular formula is C37H30O17. The van der Waals surface area contributed by atoms with Crippen LogP contribution in [0.25, 0.3) is 0 Å². The van der Waals surface area contributed by atoms with Crippen molar-refractivity contribution in [2.75, 3.05) is 0 Å². The van der Waals surface area contributed by atoms with Gasteiger partial charge < -0.3 is 80.6 Å². The molecule has 0 spiro atoms. The quantitative estimate of drug-likeness (QED) is 0.0901. The molecule has 5 aromatic rings. The maximum absolute atomic E-state index is 13.4. The summed E-state index contributed by atoms with van der Waals surface area (Å²) in [6, 6.07) is 10.0. The van der Waals surface area contributed by atoms with Crippen LogP contribution in [0.15, 0.2) is 60.7 Å². The van der Waals surface area contributed by atoms with Gasteiger partial charge in [-0.05, 0) is 42.0 Å². The monoisotopic (exact) mass is 746 g/mol. The van der Waals surface area contributed by atoms with Crippen LogP contribution in [0.2, 0.25) is 0 Å². The topological polar surface area (TPSA) is 308 Å². The highest BCUT2D eigenvalue weighted by atomic mass is 16.6. The molecule has 2 aliphatic heterocycles. The summed E-state index contributed by atoms with van der Waals surface area (Å²) in [5.74, 6) is -11.8. The third-order valence-electron chi connectivity index (χ3n) is 9.31. The Labute approximate surface area is 302 Å². The van der Waals surface area contributed by atoms with E-state index in [9.17, 15) is 71.2 Å². The Morgan fingerprint density at radius 3 is 1.80 bits per heavy atom. The number of carbonyl (C=O) groups excluding carboxylic acids is 1. The second kappa shape index (κ2) is 12.7. The molecule has 0 aromatic heterocycles. The van der Waals surface area contributed by atoms with Gasteiger partial charge in [0.25, 0.3) is 0 Å². The van der Waals surface area contributed by atoms with Crippen LogP contribution >= 0.6 is 0 Å². The van der Waals surface area contributed by atoms with Gasteiger partial charge in [0.15, 0.2) is 58.2 Å². The number of ether oxygens (including phenoxy) is 3. The standard InChI is InChI=1S/C37H30O17/c38-15-8-20(42)28-26(9-15)52-35(12-1-2-17(39)19(41)3-12)33(50)30(28)29-21(43)11-18(40)16-10-27(53-37(51)14-6-24(46)32(49)25(47)7-14)34(54-36(16)29)13-4-22(44)31(48)23(45)5-13/h1-9,11,27,30,33-35,38-50H,10H2/t27-,30-,33-,34-,35-/m1/s1. The minimum atomic E-state index is -1.76. The number of aliphatic hydroxyl groups excluding tert-OH is 1. The summed E-state index contributed by atoms with van der Waals surface area (Å²) < 4.78 is 18.0. The summed E-state index contributed by atoms with van der Waals surface area (Å²) in [7, 11) is 0. The molecule has 54 heavy (non-hydrogen) atoms. The Balaban J connectivity index is 1.40. The zero-order chi connectivity index (χ0) is 38.9. The second-order valence-corrected chi connectivity index (χ2v) is 12.7. The summed E-state index contributed by atoms with van der Waals surface area (Å²) >= 11 is 0. The van der Waals surface area contributed by atoms with Crippen molar-refractivity contribution >= 4 is 5.97 Å². The van der Waals surface area contributed by atoms with E-state index in [4.69, 9.17) is 14.2 Å². The Morgan fingerprint density at radius 1 is 0.574 bits per heavy atom. The maximum atomic E-state index is 13.4. The summed E-state index contributed by atoms with van der Waals surface area (Å²) in [5, 5.41) is 137. The van der Waals surface area contributed by atoms with E-state index in [-0.39, 0.29) is 39.3 Å². The first kappa shape index (κ1) is 35.1. The van der Waals surface area contributed by atoms with Crippen molar-refractivity contribution in [3.63, 3.8) is 0 Å². The number of carbonyl (C=O) groups is 1. The molecule has 0 fully saturated rings. The van der Waals surface area contributed by atoms with E-state index in [1.807, 2.05) is 0 Å². The molecule has 0 saturated heterocycles. The van der Waals surface area contributed by atoms with Gasteiger partial charge in [-0.15, -0.1) is 0 Å². The van der Waals surface area contributed by atoms with Crippen molar-refractivity contribution < 1.29 is 85.4 Å². The van der Waals surface area contributed by atoms with E-state index in [0.29, 0.717) is 0 Å². The van der Waals surface area contributed by atoms with E-state index in [0.717, 1.165) is 54.6 Å². The van der Waals surface area contributed by atoms with Crippen LogP contribution in [0.1, 0.15) is 56.3 Å². The summed E-state index contributed by atoms with van der Waals surface area (Å²) in [6.45, 7) is 0. The van der Waals surface area contributed by atoms with E-state index in [1.165, 1.54) is 6.07 Å². The Morgan fingerprint density at radius 2 is 1.17 bits per heavy atom. The molecular weight excluding hydrogens is 716 g/mol. The molecule has 17 heteroatoms. The molecule has 280 valence electrons. The third-order valence-corrected chi connectivity index (χ3v) is 9.31. The van der Waals surface area contributed by atoms with Gasteiger partial charge in [0.05, 0.1) is 11.5 Å². The van der Waals surface area contributed by atoms with Gasteiger partial charge in [-0.1, -0.05) is 6.07 Å². The normalized spacial score (nSPS) is 20.2. The molecule has 7 rings (SSSR count). The van der Waals surface area contributed by atoms with Crippen LogP contribution < -0.4 is 9.47 Å². The number of aliphatic hydroxyl groups is 1. The smallest absolute Gasteiger partial charge is 0.338 e. The van der Waals surface area contributed by atoms with E-state index < -0.39 is 117 Å². The fraction of sp³-hybridized carbons (Fsp3) is 0.162. The van der Waals surface area contributed by atoms with Crippen LogP contribution in [-0.2, 0) is 11.2 Å². The number of hydrogen-bond acceptors (Lipinski definition) is 17. The number of esters is 1. The molecule has 0 aliphatic carbocycles. The molecule has 5 aromatic carbocycles.